The third kappa shape index (κ3) is 43.3. The molecule has 0 aliphatic heterocycles. The zero-order valence-corrected chi connectivity index (χ0v) is 38.7. The molecule has 0 amide bonds. The molecule has 0 aliphatic rings. The number of phosphoric ester groups is 1. The lowest BCUT2D eigenvalue weighted by atomic mass is 10.1. The Bertz CT molecular complexity index is 1170. The van der Waals surface area contributed by atoms with Gasteiger partial charge in [0.25, 0.3) is 0 Å². The minimum Gasteiger partial charge on any atom is -0.462 e. The highest BCUT2D eigenvalue weighted by atomic mass is 31.2. The quantitative estimate of drug-likeness (QED) is 0.0162. The Hall–Kier alpha value is -2.29. The molecule has 1 unspecified atom stereocenters. The predicted octanol–water partition coefficient (Wildman–Crippen LogP) is 13.2. The van der Waals surface area contributed by atoms with Gasteiger partial charge in [-0.15, -0.1) is 0 Å². The number of rotatable bonds is 41. The second-order valence-corrected chi connectivity index (χ2v) is 17.9. The van der Waals surface area contributed by atoms with E-state index in [4.69, 9.17) is 18.5 Å². The van der Waals surface area contributed by atoms with Crippen molar-refractivity contribution >= 4 is 19.8 Å². The summed E-state index contributed by atoms with van der Waals surface area (Å²) in [5, 5.41) is 0. The maximum absolute atomic E-state index is 12.7. The molecule has 0 rings (SSSR count). The first-order chi connectivity index (χ1) is 28.0. The second kappa shape index (κ2) is 40.1. The summed E-state index contributed by atoms with van der Waals surface area (Å²) in [6.07, 6.45) is 48.4. The molecule has 0 aromatic heterocycles. The Morgan fingerprint density at radius 1 is 0.552 bits per heavy atom. The minimum atomic E-state index is -4.38. The number of allylic oxidation sites excluding steroid dienone is 10. The average Bonchev–Trinajstić information content (AvgIpc) is 3.17. The van der Waals surface area contributed by atoms with Gasteiger partial charge in [0.1, 0.15) is 19.8 Å². The number of phosphoric acid groups is 1. The zero-order valence-electron chi connectivity index (χ0n) is 37.8. The van der Waals surface area contributed by atoms with E-state index < -0.39 is 32.5 Å². The Kier molecular flexibility index (Phi) is 38.5. The van der Waals surface area contributed by atoms with E-state index in [-0.39, 0.29) is 26.1 Å². The first kappa shape index (κ1) is 55.7. The van der Waals surface area contributed by atoms with Crippen LogP contribution in [0.2, 0.25) is 0 Å². The number of unbranched alkanes of at least 4 members (excludes halogenated alkanes) is 20. The van der Waals surface area contributed by atoms with Crippen molar-refractivity contribution in [1.82, 2.24) is 0 Å². The molecule has 0 heterocycles. The molecule has 0 saturated carbocycles. The van der Waals surface area contributed by atoms with Crippen molar-refractivity contribution in [3.63, 3.8) is 0 Å². The van der Waals surface area contributed by atoms with Gasteiger partial charge in [-0.2, -0.15) is 0 Å². The number of quaternary nitrogens is 1. The van der Waals surface area contributed by atoms with Crippen molar-refractivity contribution in [3.8, 4) is 0 Å². The number of esters is 2. The van der Waals surface area contributed by atoms with Crippen molar-refractivity contribution in [1.29, 1.82) is 0 Å². The van der Waals surface area contributed by atoms with Gasteiger partial charge in [0.05, 0.1) is 27.7 Å². The van der Waals surface area contributed by atoms with Gasteiger partial charge in [-0.3, -0.25) is 18.6 Å². The summed E-state index contributed by atoms with van der Waals surface area (Å²) >= 11 is 0. The van der Waals surface area contributed by atoms with E-state index in [1.807, 2.05) is 51.5 Å². The maximum Gasteiger partial charge on any atom is 0.472 e. The summed E-state index contributed by atoms with van der Waals surface area (Å²) in [5.41, 5.74) is 0. The minimum absolute atomic E-state index is 0.0248. The third-order valence-electron chi connectivity index (χ3n) is 9.63. The van der Waals surface area contributed by atoms with Crippen LogP contribution in [0.3, 0.4) is 0 Å². The summed E-state index contributed by atoms with van der Waals surface area (Å²) < 4.78 is 34.3. The van der Waals surface area contributed by atoms with E-state index >= 15 is 0 Å². The van der Waals surface area contributed by atoms with E-state index in [9.17, 15) is 19.0 Å². The standard InChI is InChI=1S/C48H86NO8P/c1-6-8-10-12-14-16-18-20-22-23-24-25-27-29-31-33-35-37-39-41-48(51)57-46(45-56-58(52,53)55-43-42-49(3,4)5)44-54-47(50)40-38-36-34-32-30-28-26-21-19-17-15-13-11-9-7-2/h9,11,13,15,17,19-22,26,46H,6-8,10,12,14,16,18,23-25,27-45H2,1-5H3/p+1/b11-9+,15-13+,19-17+,22-20+,26-21+/t46-/m1/s1. The van der Waals surface area contributed by atoms with Crippen LogP contribution in [-0.4, -0.2) is 74.9 Å². The Morgan fingerprint density at radius 2 is 1.00 bits per heavy atom. The van der Waals surface area contributed by atoms with E-state index in [1.54, 1.807) is 0 Å². The van der Waals surface area contributed by atoms with Crippen LogP contribution in [0.5, 0.6) is 0 Å². The number of carbonyl (C=O) groups is 2. The molecule has 0 fully saturated rings. The molecule has 0 aliphatic carbocycles. The van der Waals surface area contributed by atoms with Gasteiger partial charge in [0.15, 0.2) is 6.10 Å². The van der Waals surface area contributed by atoms with E-state index in [1.165, 1.54) is 83.5 Å². The summed E-state index contributed by atoms with van der Waals surface area (Å²) in [6.45, 7) is 4.25. The SMILES string of the molecule is CC/C=C/C=C/C=C/C=C/CCCCCCCC(=O)OC[C@H](COP(=O)(O)OCC[N+](C)(C)C)OC(=O)CCCCCCCCCCC/C=C/CCCCCCCC. The summed E-state index contributed by atoms with van der Waals surface area (Å²) in [6, 6.07) is 0. The summed E-state index contributed by atoms with van der Waals surface area (Å²) in [4.78, 5) is 35.4. The van der Waals surface area contributed by atoms with Gasteiger partial charge >= 0.3 is 19.8 Å². The maximum atomic E-state index is 12.7. The Morgan fingerprint density at radius 3 is 1.52 bits per heavy atom. The highest BCUT2D eigenvalue weighted by Crippen LogP contribution is 2.43. The van der Waals surface area contributed by atoms with Crippen LogP contribution in [0.15, 0.2) is 60.8 Å². The molecule has 0 bridgehead atoms. The first-order valence-electron chi connectivity index (χ1n) is 23.1. The molecule has 9 nitrogen and oxygen atoms in total. The number of carbonyl (C=O) groups excluding carboxylic acids is 2. The molecule has 0 spiro atoms. The van der Waals surface area contributed by atoms with E-state index in [2.05, 4.69) is 44.2 Å². The van der Waals surface area contributed by atoms with Crippen LogP contribution >= 0.6 is 7.82 Å². The van der Waals surface area contributed by atoms with Crippen LogP contribution in [-0.2, 0) is 32.7 Å². The summed E-state index contributed by atoms with van der Waals surface area (Å²) in [7, 11) is 1.45. The molecule has 0 aromatic carbocycles. The number of nitrogens with zero attached hydrogens (tertiary/aromatic N) is 1. The number of ether oxygens (including phenoxy) is 2. The third-order valence-corrected chi connectivity index (χ3v) is 10.6. The average molecular weight is 837 g/mol. The topological polar surface area (TPSA) is 108 Å². The van der Waals surface area contributed by atoms with E-state index in [0.29, 0.717) is 23.9 Å². The fourth-order valence-corrected chi connectivity index (χ4v) is 6.76. The van der Waals surface area contributed by atoms with Gasteiger partial charge in [-0.25, -0.2) is 4.57 Å². The lowest BCUT2D eigenvalue weighted by Gasteiger charge is -2.24. The van der Waals surface area contributed by atoms with Crippen LogP contribution in [0.25, 0.3) is 0 Å². The van der Waals surface area contributed by atoms with Crippen molar-refractivity contribution < 1.29 is 42.1 Å². The summed E-state index contributed by atoms with van der Waals surface area (Å²) in [5.74, 6) is -0.830. The van der Waals surface area contributed by atoms with Crippen LogP contribution in [0.1, 0.15) is 181 Å². The van der Waals surface area contributed by atoms with Crippen LogP contribution in [0, 0.1) is 0 Å². The Labute approximate surface area is 356 Å². The highest BCUT2D eigenvalue weighted by molar-refractivity contribution is 7.47. The van der Waals surface area contributed by atoms with Crippen LogP contribution < -0.4 is 0 Å². The molecule has 336 valence electrons. The van der Waals surface area contributed by atoms with E-state index in [0.717, 1.165) is 57.8 Å². The smallest absolute Gasteiger partial charge is 0.462 e. The molecule has 58 heavy (non-hydrogen) atoms. The Balaban J connectivity index is 4.36. The van der Waals surface area contributed by atoms with Crippen molar-refractivity contribution in [3.05, 3.63) is 60.8 Å². The zero-order chi connectivity index (χ0) is 42.8. The fraction of sp³-hybridized carbons (Fsp3) is 0.750. The molecule has 1 N–H and O–H groups in total. The van der Waals surface area contributed by atoms with Gasteiger partial charge < -0.3 is 18.9 Å². The molecular weight excluding hydrogens is 750 g/mol. The monoisotopic (exact) mass is 837 g/mol. The van der Waals surface area contributed by atoms with Gasteiger partial charge in [0, 0.05) is 12.8 Å². The molecule has 0 saturated heterocycles. The first-order valence-corrected chi connectivity index (χ1v) is 24.6. The predicted molar refractivity (Wildman–Crippen MR) is 243 cm³/mol. The normalized spacial score (nSPS) is 14.1. The molecule has 10 heteroatoms. The fourth-order valence-electron chi connectivity index (χ4n) is 6.02. The van der Waals surface area contributed by atoms with Crippen molar-refractivity contribution in [2.24, 2.45) is 0 Å². The number of likely N-dealkylation sites (N-methyl/N-ethyl adjacent to an activating group) is 1. The van der Waals surface area contributed by atoms with Crippen molar-refractivity contribution in [2.45, 2.75) is 187 Å². The number of hydrogen-bond donors (Lipinski definition) is 1. The molecule has 0 aromatic rings. The van der Waals surface area contributed by atoms with Gasteiger partial charge in [-0.05, 0) is 57.8 Å². The molecular formula is C48H87NO8P+. The van der Waals surface area contributed by atoms with Gasteiger partial charge in [-0.1, -0.05) is 171 Å². The van der Waals surface area contributed by atoms with Crippen LogP contribution in [0.4, 0.5) is 0 Å². The molecule has 2 atom stereocenters. The second-order valence-electron chi connectivity index (χ2n) is 16.5. The van der Waals surface area contributed by atoms with Gasteiger partial charge in [0.2, 0.25) is 0 Å². The lowest BCUT2D eigenvalue weighted by molar-refractivity contribution is -0.870. The highest BCUT2D eigenvalue weighted by Gasteiger charge is 2.27. The van der Waals surface area contributed by atoms with Crippen molar-refractivity contribution in [2.75, 3.05) is 47.5 Å². The number of hydrogen-bond acceptors (Lipinski definition) is 7. The molecule has 0 radical (unpaired) electrons. The lowest BCUT2D eigenvalue weighted by Crippen LogP contribution is -2.37. The largest absolute Gasteiger partial charge is 0.472 e.